The van der Waals surface area contributed by atoms with Crippen LogP contribution in [0.15, 0.2) is 28.7 Å². The smallest absolute Gasteiger partial charge is 0.295 e. The van der Waals surface area contributed by atoms with E-state index in [-0.39, 0.29) is 0 Å². The zero-order chi connectivity index (χ0) is 10.8. The number of hydrogen-bond acceptors (Lipinski definition) is 3. The molecule has 3 nitrogen and oxygen atoms in total. The van der Waals surface area contributed by atoms with Crippen LogP contribution in [0, 0.1) is 0 Å². The Morgan fingerprint density at radius 1 is 1.36 bits per heavy atom. The molecule has 1 unspecified atom stereocenters. The van der Waals surface area contributed by atoms with Gasteiger partial charge in [-0.25, -0.2) is 0 Å². The fraction of sp³-hybridized carbons (Fsp3) is 0.222. The second kappa shape index (κ2) is 4.39. The molecular weight excluding hydrogens is 267 g/mol. The molecule has 5 heteroatoms. The van der Waals surface area contributed by atoms with Crippen LogP contribution in [0.2, 0.25) is 0 Å². The number of benzene rings is 1. The van der Waals surface area contributed by atoms with Crippen LogP contribution in [0.1, 0.15) is 6.92 Å². The lowest BCUT2D eigenvalue weighted by molar-refractivity contribution is -0.110. The van der Waals surface area contributed by atoms with Gasteiger partial charge in [0.1, 0.15) is 0 Å². The first-order chi connectivity index (χ1) is 6.50. The standard InChI is InChI=1S/C9H10BrO3P/c1-7(11)14(12,13-2)9-5-3-8(10)4-6-9/h3-6H,1-2H3. The molecule has 14 heavy (non-hydrogen) atoms. The van der Waals surface area contributed by atoms with Gasteiger partial charge in [-0.2, -0.15) is 0 Å². The van der Waals surface area contributed by atoms with Crippen molar-refractivity contribution in [1.82, 2.24) is 0 Å². The van der Waals surface area contributed by atoms with Gasteiger partial charge in [0.15, 0.2) is 0 Å². The minimum absolute atomic E-state index is 0.427. The lowest BCUT2D eigenvalue weighted by atomic mass is 10.4. The Bertz CT molecular complexity index is 386. The summed E-state index contributed by atoms with van der Waals surface area (Å²) in [6, 6.07) is 6.69. The van der Waals surface area contributed by atoms with E-state index in [4.69, 9.17) is 4.52 Å². The van der Waals surface area contributed by atoms with Gasteiger partial charge in [-0.1, -0.05) is 15.9 Å². The molecule has 0 bridgehead atoms. The summed E-state index contributed by atoms with van der Waals surface area (Å²) in [5.41, 5.74) is -0.442. The highest BCUT2D eigenvalue weighted by molar-refractivity contribution is 9.10. The molecule has 0 aromatic heterocycles. The first-order valence-electron chi connectivity index (χ1n) is 3.94. The first kappa shape index (κ1) is 11.6. The number of halogens is 1. The van der Waals surface area contributed by atoms with Crippen molar-refractivity contribution in [2.45, 2.75) is 6.92 Å². The first-order valence-corrected chi connectivity index (χ1v) is 6.35. The fourth-order valence-electron chi connectivity index (χ4n) is 1.05. The summed E-state index contributed by atoms with van der Waals surface area (Å²) in [5, 5.41) is 0.427. The van der Waals surface area contributed by atoms with E-state index in [9.17, 15) is 9.36 Å². The quantitative estimate of drug-likeness (QED) is 0.797. The largest absolute Gasteiger partial charge is 0.323 e. The number of carbonyl (C=O) groups is 1. The molecule has 0 aliphatic heterocycles. The fourth-order valence-corrected chi connectivity index (χ4v) is 2.69. The van der Waals surface area contributed by atoms with E-state index in [2.05, 4.69) is 15.9 Å². The van der Waals surface area contributed by atoms with Crippen molar-refractivity contribution in [3.05, 3.63) is 28.7 Å². The maximum absolute atomic E-state index is 12.0. The minimum atomic E-state index is -3.30. The Morgan fingerprint density at radius 2 is 1.86 bits per heavy atom. The van der Waals surface area contributed by atoms with Crippen molar-refractivity contribution in [3.8, 4) is 0 Å². The molecule has 0 saturated heterocycles. The molecule has 0 saturated carbocycles. The van der Waals surface area contributed by atoms with Gasteiger partial charge in [0.05, 0.1) is 0 Å². The van der Waals surface area contributed by atoms with Crippen molar-refractivity contribution < 1.29 is 13.9 Å². The summed E-state index contributed by atoms with van der Waals surface area (Å²) < 4.78 is 17.7. The predicted molar refractivity (Wildman–Crippen MR) is 59.1 cm³/mol. The molecule has 1 aromatic carbocycles. The summed E-state index contributed by atoms with van der Waals surface area (Å²) in [6.07, 6.45) is 0. The summed E-state index contributed by atoms with van der Waals surface area (Å²) >= 11 is 3.26. The van der Waals surface area contributed by atoms with Gasteiger partial charge in [0.2, 0.25) is 5.52 Å². The summed E-state index contributed by atoms with van der Waals surface area (Å²) in [6.45, 7) is 1.27. The van der Waals surface area contributed by atoms with Crippen molar-refractivity contribution in [3.63, 3.8) is 0 Å². The Hall–Kier alpha value is -0.440. The second-order valence-corrected chi connectivity index (χ2v) is 6.26. The molecule has 0 radical (unpaired) electrons. The summed E-state index contributed by atoms with van der Waals surface area (Å²) in [4.78, 5) is 11.2. The molecule has 0 aliphatic carbocycles. The Balaban J connectivity index is 3.20. The Morgan fingerprint density at radius 3 is 2.21 bits per heavy atom. The van der Waals surface area contributed by atoms with Crippen molar-refractivity contribution in [2.24, 2.45) is 0 Å². The van der Waals surface area contributed by atoms with Gasteiger partial charge >= 0.3 is 0 Å². The Kier molecular flexibility index (Phi) is 3.65. The highest BCUT2D eigenvalue weighted by atomic mass is 79.9. The zero-order valence-electron chi connectivity index (χ0n) is 7.86. The molecule has 0 spiro atoms. The van der Waals surface area contributed by atoms with Crippen molar-refractivity contribution in [1.29, 1.82) is 0 Å². The molecule has 0 aliphatic rings. The van der Waals surface area contributed by atoms with E-state index in [1.54, 1.807) is 24.3 Å². The van der Waals surface area contributed by atoms with Gasteiger partial charge in [-0.3, -0.25) is 9.36 Å². The maximum Gasteiger partial charge on any atom is 0.295 e. The van der Waals surface area contributed by atoms with E-state index in [0.717, 1.165) is 4.47 Å². The number of hydrogen-bond donors (Lipinski definition) is 0. The lowest BCUT2D eigenvalue weighted by Crippen LogP contribution is -2.11. The Labute approximate surface area is 91.0 Å². The van der Waals surface area contributed by atoms with Gasteiger partial charge in [-0.15, -0.1) is 0 Å². The van der Waals surface area contributed by atoms with Gasteiger partial charge in [0, 0.05) is 23.8 Å². The highest BCUT2D eigenvalue weighted by Crippen LogP contribution is 2.45. The van der Waals surface area contributed by atoms with Gasteiger partial charge in [-0.05, 0) is 24.3 Å². The van der Waals surface area contributed by atoms with Crippen LogP contribution in [0.4, 0.5) is 0 Å². The molecule has 0 N–H and O–H groups in total. The van der Waals surface area contributed by atoms with Gasteiger partial charge < -0.3 is 4.52 Å². The van der Waals surface area contributed by atoms with Crippen LogP contribution in [-0.4, -0.2) is 12.6 Å². The SMILES string of the molecule is COP(=O)(C(C)=O)c1ccc(Br)cc1. The third-order valence-corrected chi connectivity index (χ3v) is 4.69. The molecule has 1 rings (SSSR count). The van der Waals surface area contributed by atoms with Crippen LogP contribution in [0.3, 0.4) is 0 Å². The second-order valence-electron chi connectivity index (χ2n) is 2.73. The molecule has 0 heterocycles. The average molecular weight is 277 g/mol. The lowest BCUT2D eigenvalue weighted by Gasteiger charge is -2.12. The van der Waals surface area contributed by atoms with Crippen molar-refractivity contribution >= 4 is 34.1 Å². The molecular formula is C9H10BrO3P. The zero-order valence-corrected chi connectivity index (χ0v) is 10.3. The van der Waals surface area contributed by atoms with Crippen LogP contribution in [0.5, 0.6) is 0 Å². The minimum Gasteiger partial charge on any atom is -0.323 e. The maximum atomic E-state index is 12.0. The van der Waals surface area contributed by atoms with Crippen LogP contribution in [-0.2, 0) is 13.9 Å². The monoisotopic (exact) mass is 276 g/mol. The molecule has 0 amide bonds. The third kappa shape index (κ3) is 2.14. The van der Waals surface area contributed by atoms with E-state index in [1.165, 1.54) is 14.0 Å². The number of carbonyl (C=O) groups excluding carboxylic acids is 1. The van der Waals surface area contributed by atoms with E-state index in [1.807, 2.05) is 0 Å². The summed E-state index contributed by atoms with van der Waals surface area (Å²) in [5.74, 6) is 0. The van der Waals surface area contributed by atoms with E-state index < -0.39 is 12.9 Å². The summed E-state index contributed by atoms with van der Waals surface area (Å²) in [7, 11) is -2.02. The molecule has 1 aromatic rings. The predicted octanol–water partition coefficient (Wildman–Crippen LogP) is 2.55. The molecule has 1 atom stereocenters. The van der Waals surface area contributed by atoms with Gasteiger partial charge in [0.25, 0.3) is 7.37 Å². The average Bonchev–Trinajstić information content (AvgIpc) is 2.17. The molecule has 0 fully saturated rings. The number of rotatable bonds is 3. The van der Waals surface area contributed by atoms with E-state index >= 15 is 0 Å². The third-order valence-electron chi connectivity index (χ3n) is 1.84. The van der Waals surface area contributed by atoms with Crippen LogP contribution in [0.25, 0.3) is 0 Å². The highest BCUT2D eigenvalue weighted by Gasteiger charge is 2.30. The van der Waals surface area contributed by atoms with E-state index in [0.29, 0.717) is 5.30 Å². The normalized spacial score (nSPS) is 14.8. The topological polar surface area (TPSA) is 43.4 Å². The molecule has 76 valence electrons. The van der Waals surface area contributed by atoms with Crippen molar-refractivity contribution in [2.75, 3.05) is 7.11 Å². The van der Waals surface area contributed by atoms with Crippen LogP contribution >= 0.6 is 23.3 Å². The van der Waals surface area contributed by atoms with Crippen LogP contribution < -0.4 is 5.30 Å².